The molecule has 1 aromatic rings. The molecule has 1 aliphatic heterocycles. The fraction of sp³-hybridized carbons (Fsp3) is 0.500. The molecular weight excluding hydrogens is 245 g/mol. The monoisotopic (exact) mass is 263 g/mol. The van der Waals surface area contributed by atoms with E-state index in [2.05, 4.69) is 10.1 Å². The summed E-state index contributed by atoms with van der Waals surface area (Å²) in [6.45, 7) is 1.79. The number of hydrogen-bond donors (Lipinski definition) is 2. The summed E-state index contributed by atoms with van der Waals surface area (Å²) >= 11 is 0. The van der Waals surface area contributed by atoms with Crippen LogP contribution in [-0.4, -0.2) is 24.1 Å². The van der Waals surface area contributed by atoms with Crippen molar-refractivity contribution in [2.75, 3.05) is 18.0 Å². The molecule has 0 amide bonds. The van der Waals surface area contributed by atoms with E-state index in [0.717, 1.165) is 38.0 Å². The van der Waals surface area contributed by atoms with Gasteiger partial charge in [0.1, 0.15) is 11.7 Å². The Kier molecular flexibility index (Phi) is 2.84. The molecule has 1 heterocycles. The first-order valence-corrected chi connectivity index (χ1v) is 6.62. The summed E-state index contributed by atoms with van der Waals surface area (Å²) in [4.78, 5) is 2.23. The van der Waals surface area contributed by atoms with Gasteiger partial charge in [-0.05, 0) is 42.4 Å². The minimum absolute atomic E-state index is 0.115. The first kappa shape index (κ1) is 12.3. The number of nitrogens with zero attached hydrogens (tertiary/aromatic N) is 2. The van der Waals surface area contributed by atoms with Crippen molar-refractivity contribution in [3.63, 3.8) is 0 Å². The number of halogens is 1. The van der Waals surface area contributed by atoms with Crippen LogP contribution in [0.2, 0.25) is 0 Å². The third kappa shape index (κ3) is 2.37. The molecular formula is C14H18FN3O. The van der Waals surface area contributed by atoms with E-state index in [0.29, 0.717) is 6.42 Å². The van der Waals surface area contributed by atoms with Crippen LogP contribution in [0, 0.1) is 11.2 Å². The molecule has 3 rings (SSSR count). The fourth-order valence-electron chi connectivity index (χ4n) is 2.97. The van der Waals surface area contributed by atoms with Gasteiger partial charge in [0.25, 0.3) is 0 Å². The van der Waals surface area contributed by atoms with Crippen molar-refractivity contribution in [2.24, 2.45) is 16.3 Å². The van der Waals surface area contributed by atoms with Crippen LogP contribution in [0.15, 0.2) is 23.4 Å². The molecule has 0 bridgehead atoms. The standard InChI is InChI=1S/C14H18FN3O/c15-11-2-1-10-3-6-18(12(10)7-11)9-14(4-5-14)8-13(16)17-19/h1-2,7,19H,3-6,8-9H2,(H2,16,17). The van der Waals surface area contributed by atoms with Gasteiger partial charge in [-0.25, -0.2) is 4.39 Å². The molecule has 0 atom stereocenters. The van der Waals surface area contributed by atoms with Crippen molar-refractivity contribution in [3.8, 4) is 0 Å². The van der Waals surface area contributed by atoms with E-state index in [1.807, 2.05) is 6.07 Å². The Morgan fingerprint density at radius 3 is 2.95 bits per heavy atom. The van der Waals surface area contributed by atoms with Crippen molar-refractivity contribution in [2.45, 2.75) is 25.7 Å². The summed E-state index contributed by atoms with van der Waals surface area (Å²) in [5, 5.41) is 11.7. The van der Waals surface area contributed by atoms with Crippen LogP contribution in [0.1, 0.15) is 24.8 Å². The highest BCUT2D eigenvalue weighted by Gasteiger charge is 2.45. The fourth-order valence-corrected chi connectivity index (χ4v) is 2.97. The van der Waals surface area contributed by atoms with Crippen molar-refractivity contribution in [3.05, 3.63) is 29.6 Å². The highest BCUT2D eigenvalue weighted by atomic mass is 19.1. The number of anilines is 1. The largest absolute Gasteiger partial charge is 0.409 e. The first-order chi connectivity index (χ1) is 9.12. The maximum Gasteiger partial charge on any atom is 0.139 e. The van der Waals surface area contributed by atoms with Crippen molar-refractivity contribution in [1.29, 1.82) is 0 Å². The molecule has 102 valence electrons. The highest BCUT2D eigenvalue weighted by Crippen LogP contribution is 2.50. The van der Waals surface area contributed by atoms with Gasteiger partial charge in [-0.2, -0.15) is 0 Å². The van der Waals surface area contributed by atoms with Gasteiger partial charge in [-0.1, -0.05) is 11.2 Å². The second kappa shape index (κ2) is 4.40. The molecule has 2 aliphatic rings. The van der Waals surface area contributed by atoms with Gasteiger partial charge in [-0.3, -0.25) is 0 Å². The van der Waals surface area contributed by atoms with Gasteiger partial charge >= 0.3 is 0 Å². The molecule has 0 radical (unpaired) electrons. The normalized spacial score (nSPS) is 20.5. The molecule has 1 aromatic carbocycles. The predicted molar refractivity (Wildman–Crippen MR) is 72.0 cm³/mol. The Labute approximate surface area is 111 Å². The summed E-state index contributed by atoms with van der Waals surface area (Å²) in [5.41, 5.74) is 7.94. The Morgan fingerprint density at radius 2 is 2.26 bits per heavy atom. The molecule has 3 N–H and O–H groups in total. The second-order valence-corrected chi connectivity index (χ2v) is 5.71. The SMILES string of the molecule is N/C(CC1(CN2CCc3ccc(F)cc32)CC1)=N/O. The lowest BCUT2D eigenvalue weighted by atomic mass is 10.0. The number of oxime groups is 1. The van der Waals surface area contributed by atoms with Crippen LogP contribution in [0.5, 0.6) is 0 Å². The summed E-state index contributed by atoms with van der Waals surface area (Å²) in [6, 6.07) is 5.00. The molecule has 1 saturated carbocycles. The zero-order valence-corrected chi connectivity index (χ0v) is 10.8. The average Bonchev–Trinajstić information content (AvgIpc) is 3.04. The Balaban J connectivity index is 1.75. The van der Waals surface area contributed by atoms with E-state index in [9.17, 15) is 4.39 Å². The van der Waals surface area contributed by atoms with E-state index < -0.39 is 0 Å². The lowest BCUT2D eigenvalue weighted by molar-refractivity contribution is 0.314. The summed E-state index contributed by atoms with van der Waals surface area (Å²) in [7, 11) is 0. The summed E-state index contributed by atoms with van der Waals surface area (Å²) < 4.78 is 13.3. The van der Waals surface area contributed by atoms with Crippen LogP contribution in [0.4, 0.5) is 10.1 Å². The molecule has 1 aliphatic carbocycles. The third-order valence-electron chi connectivity index (χ3n) is 4.21. The number of benzene rings is 1. The quantitative estimate of drug-likeness (QED) is 0.378. The van der Waals surface area contributed by atoms with Gasteiger partial charge in [0, 0.05) is 25.2 Å². The van der Waals surface area contributed by atoms with E-state index in [1.54, 1.807) is 6.07 Å². The molecule has 19 heavy (non-hydrogen) atoms. The van der Waals surface area contributed by atoms with Gasteiger partial charge in [0.2, 0.25) is 0 Å². The molecule has 5 heteroatoms. The Bertz CT molecular complexity index is 525. The maximum absolute atomic E-state index is 13.3. The average molecular weight is 263 g/mol. The zero-order valence-electron chi connectivity index (χ0n) is 10.8. The van der Waals surface area contributed by atoms with Gasteiger partial charge in [-0.15, -0.1) is 0 Å². The van der Waals surface area contributed by atoms with E-state index in [4.69, 9.17) is 10.9 Å². The third-order valence-corrected chi connectivity index (χ3v) is 4.21. The van der Waals surface area contributed by atoms with Crippen LogP contribution >= 0.6 is 0 Å². The molecule has 0 aromatic heterocycles. The second-order valence-electron chi connectivity index (χ2n) is 5.71. The number of rotatable bonds is 4. The van der Waals surface area contributed by atoms with Crippen LogP contribution in [0.3, 0.4) is 0 Å². The van der Waals surface area contributed by atoms with E-state index in [-0.39, 0.29) is 17.1 Å². The topological polar surface area (TPSA) is 61.8 Å². The van der Waals surface area contributed by atoms with Crippen molar-refractivity contribution >= 4 is 11.5 Å². The summed E-state index contributed by atoms with van der Waals surface area (Å²) in [6.07, 6.45) is 3.76. The number of nitrogens with two attached hydrogens (primary N) is 1. The number of fused-ring (bicyclic) bond motifs is 1. The van der Waals surface area contributed by atoms with Gasteiger partial charge < -0.3 is 15.8 Å². The molecule has 0 saturated heterocycles. The number of hydrogen-bond acceptors (Lipinski definition) is 3. The first-order valence-electron chi connectivity index (χ1n) is 6.62. The van der Waals surface area contributed by atoms with Crippen molar-refractivity contribution < 1.29 is 9.60 Å². The highest BCUT2D eigenvalue weighted by molar-refractivity contribution is 5.80. The van der Waals surface area contributed by atoms with Gasteiger partial charge in [0.15, 0.2) is 0 Å². The molecule has 0 unspecified atom stereocenters. The minimum Gasteiger partial charge on any atom is -0.409 e. The molecule has 0 spiro atoms. The van der Waals surface area contributed by atoms with Crippen LogP contribution in [0.25, 0.3) is 0 Å². The van der Waals surface area contributed by atoms with Gasteiger partial charge in [0.05, 0.1) is 0 Å². The molecule has 1 fully saturated rings. The predicted octanol–water partition coefficient (Wildman–Crippen LogP) is 2.10. The smallest absolute Gasteiger partial charge is 0.139 e. The minimum atomic E-state index is -0.188. The maximum atomic E-state index is 13.3. The van der Waals surface area contributed by atoms with E-state index >= 15 is 0 Å². The zero-order chi connectivity index (χ0) is 13.5. The van der Waals surface area contributed by atoms with E-state index in [1.165, 1.54) is 11.6 Å². The molecule has 4 nitrogen and oxygen atoms in total. The lowest BCUT2D eigenvalue weighted by Gasteiger charge is -2.25. The summed E-state index contributed by atoms with van der Waals surface area (Å²) in [5.74, 6) is 0.100. The Hall–Kier alpha value is -1.78. The number of amidine groups is 1. The van der Waals surface area contributed by atoms with Crippen LogP contribution < -0.4 is 10.6 Å². The Morgan fingerprint density at radius 1 is 1.47 bits per heavy atom. The lowest BCUT2D eigenvalue weighted by Crippen LogP contribution is -2.31. The van der Waals surface area contributed by atoms with Crippen molar-refractivity contribution in [1.82, 2.24) is 0 Å². The van der Waals surface area contributed by atoms with Crippen LogP contribution in [-0.2, 0) is 6.42 Å².